The van der Waals surface area contributed by atoms with E-state index in [2.05, 4.69) is 34.6 Å². The first-order valence-electron chi connectivity index (χ1n) is 5.97. The molecule has 0 saturated heterocycles. The maximum atomic E-state index is 11.6. The third kappa shape index (κ3) is 2.45. The van der Waals surface area contributed by atoms with Gasteiger partial charge in [-0.25, -0.2) is 0 Å². The average molecular weight is 338 g/mol. The second-order valence-corrected chi connectivity index (χ2v) is 7.22. The van der Waals surface area contributed by atoms with Gasteiger partial charge in [0.15, 0.2) is 3.79 Å². The summed E-state index contributed by atoms with van der Waals surface area (Å²) in [6, 6.07) is 0. The van der Waals surface area contributed by atoms with Crippen molar-refractivity contribution in [3.05, 3.63) is 0 Å². The van der Waals surface area contributed by atoms with Crippen LogP contribution in [0.1, 0.15) is 54.4 Å². The van der Waals surface area contributed by atoms with Gasteiger partial charge in [-0.3, -0.25) is 4.79 Å². The summed E-state index contributed by atoms with van der Waals surface area (Å²) in [4.78, 5) is 11.6. The SMILES string of the molecule is CCC1(C(C)C(=O)I)CC1(C)OC(C)(C)C. The van der Waals surface area contributed by atoms with Crippen LogP contribution in [-0.2, 0) is 9.53 Å². The standard InChI is InChI=1S/C13H23IO2/c1-7-13(9(2)10(14)15)8-12(13,6)16-11(3,4)5/h9H,7-8H2,1-6H3. The van der Waals surface area contributed by atoms with Crippen LogP contribution in [0.4, 0.5) is 0 Å². The van der Waals surface area contributed by atoms with E-state index < -0.39 is 0 Å². The van der Waals surface area contributed by atoms with Gasteiger partial charge in [-0.1, -0.05) is 13.8 Å². The Balaban J connectivity index is 2.85. The number of carbonyl (C=O) groups excluding carboxylic acids is 1. The van der Waals surface area contributed by atoms with Crippen LogP contribution in [-0.4, -0.2) is 15.0 Å². The fraction of sp³-hybridized carbons (Fsp3) is 0.923. The lowest BCUT2D eigenvalue weighted by molar-refractivity contribution is -0.121. The zero-order valence-electron chi connectivity index (χ0n) is 11.2. The van der Waals surface area contributed by atoms with E-state index in [9.17, 15) is 4.79 Å². The molecule has 94 valence electrons. The molecule has 2 nitrogen and oxygen atoms in total. The second-order valence-electron chi connectivity index (χ2n) is 6.16. The lowest BCUT2D eigenvalue weighted by Gasteiger charge is -2.32. The predicted molar refractivity (Wildman–Crippen MR) is 74.8 cm³/mol. The first kappa shape index (κ1) is 14.4. The molecule has 1 fully saturated rings. The molecule has 16 heavy (non-hydrogen) atoms. The van der Waals surface area contributed by atoms with Crippen LogP contribution in [0.5, 0.6) is 0 Å². The molecular weight excluding hydrogens is 315 g/mol. The Labute approximate surface area is 113 Å². The highest BCUT2D eigenvalue weighted by Gasteiger charge is 2.68. The Morgan fingerprint density at radius 2 is 2.00 bits per heavy atom. The normalized spacial score (nSPS) is 35.9. The van der Waals surface area contributed by atoms with Crippen LogP contribution in [0.3, 0.4) is 0 Å². The van der Waals surface area contributed by atoms with E-state index in [1.807, 2.05) is 29.5 Å². The second kappa shape index (κ2) is 4.23. The van der Waals surface area contributed by atoms with Crippen LogP contribution >= 0.6 is 22.6 Å². The maximum absolute atomic E-state index is 11.6. The first-order valence-corrected chi connectivity index (χ1v) is 7.05. The van der Waals surface area contributed by atoms with E-state index in [0.717, 1.165) is 12.8 Å². The third-order valence-corrected chi connectivity index (χ3v) is 4.85. The van der Waals surface area contributed by atoms with Gasteiger partial charge in [0.2, 0.25) is 0 Å². The monoisotopic (exact) mass is 338 g/mol. The van der Waals surface area contributed by atoms with Gasteiger partial charge in [0.05, 0.1) is 11.2 Å². The molecule has 0 radical (unpaired) electrons. The molecule has 0 heterocycles. The maximum Gasteiger partial charge on any atom is 0.195 e. The van der Waals surface area contributed by atoms with Crippen LogP contribution in [0.2, 0.25) is 0 Å². The van der Waals surface area contributed by atoms with E-state index in [0.29, 0.717) is 0 Å². The summed E-state index contributed by atoms with van der Waals surface area (Å²) in [5.74, 6) is 0.0884. The van der Waals surface area contributed by atoms with Crippen LogP contribution in [0.15, 0.2) is 0 Å². The summed E-state index contributed by atoms with van der Waals surface area (Å²) >= 11 is 1.92. The van der Waals surface area contributed by atoms with E-state index in [1.54, 1.807) is 0 Å². The van der Waals surface area contributed by atoms with Crippen molar-refractivity contribution in [3.63, 3.8) is 0 Å². The quantitative estimate of drug-likeness (QED) is 0.573. The van der Waals surface area contributed by atoms with Crippen molar-refractivity contribution < 1.29 is 9.53 Å². The third-order valence-electron chi connectivity index (χ3n) is 3.91. The molecule has 1 aliphatic rings. The molecule has 0 aliphatic heterocycles. The van der Waals surface area contributed by atoms with Gasteiger partial charge in [-0.2, -0.15) is 0 Å². The Morgan fingerprint density at radius 1 is 1.50 bits per heavy atom. The molecule has 0 aromatic rings. The predicted octanol–water partition coefficient (Wildman–Crippen LogP) is 3.96. The summed E-state index contributed by atoms with van der Waals surface area (Å²) in [7, 11) is 0. The Morgan fingerprint density at radius 3 is 2.31 bits per heavy atom. The molecule has 0 bridgehead atoms. The molecular formula is C13H23IO2. The molecule has 3 unspecified atom stereocenters. The fourth-order valence-electron chi connectivity index (χ4n) is 3.00. The van der Waals surface area contributed by atoms with Gasteiger partial charge in [0, 0.05) is 11.3 Å². The lowest BCUT2D eigenvalue weighted by atomic mass is 9.85. The summed E-state index contributed by atoms with van der Waals surface area (Å²) in [6.07, 6.45) is 2.01. The van der Waals surface area contributed by atoms with Crippen LogP contribution in [0, 0.1) is 11.3 Å². The smallest absolute Gasteiger partial charge is 0.195 e. The van der Waals surface area contributed by atoms with Gasteiger partial charge in [-0.05, 0) is 63.1 Å². The Hall–Kier alpha value is 0.360. The summed E-state index contributed by atoms with van der Waals surface area (Å²) < 4.78 is 6.41. The van der Waals surface area contributed by atoms with Gasteiger partial charge in [0.25, 0.3) is 0 Å². The fourth-order valence-corrected chi connectivity index (χ4v) is 3.60. The van der Waals surface area contributed by atoms with Crippen molar-refractivity contribution in [1.82, 2.24) is 0 Å². The average Bonchev–Trinajstić information content (AvgIpc) is 2.67. The first-order chi connectivity index (χ1) is 7.08. The van der Waals surface area contributed by atoms with Crippen LogP contribution < -0.4 is 0 Å². The molecule has 0 aromatic carbocycles. The highest BCUT2D eigenvalue weighted by Crippen LogP contribution is 2.66. The molecule has 1 rings (SSSR count). The number of ether oxygens (including phenoxy) is 1. The largest absolute Gasteiger partial charge is 0.369 e. The van der Waals surface area contributed by atoms with E-state index >= 15 is 0 Å². The molecule has 3 atom stereocenters. The van der Waals surface area contributed by atoms with Crippen molar-refractivity contribution in [2.24, 2.45) is 11.3 Å². The number of rotatable bonds is 4. The lowest BCUT2D eigenvalue weighted by Crippen LogP contribution is -2.35. The van der Waals surface area contributed by atoms with Gasteiger partial charge < -0.3 is 4.74 Å². The van der Waals surface area contributed by atoms with Crippen molar-refractivity contribution in [1.29, 1.82) is 0 Å². The molecule has 1 aliphatic carbocycles. The number of carbonyl (C=O) groups is 1. The minimum atomic E-state index is -0.139. The summed E-state index contributed by atoms with van der Waals surface area (Å²) in [6.45, 7) is 12.6. The number of halogens is 1. The topological polar surface area (TPSA) is 26.3 Å². The van der Waals surface area contributed by atoms with E-state index in [-0.39, 0.29) is 26.3 Å². The van der Waals surface area contributed by atoms with E-state index in [1.165, 1.54) is 0 Å². The molecule has 0 aromatic heterocycles. The minimum absolute atomic E-state index is 0.0541. The molecule has 0 amide bonds. The highest BCUT2D eigenvalue weighted by atomic mass is 127. The van der Waals surface area contributed by atoms with Gasteiger partial charge in [-0.15, -0.1) is 0 Å². The highest BCUT2D eigenvalue weighted by molar-refractivity contribution is 14.1. The van der Waals surface area contributed by atoms with E-state index in [4.69, 9.17) is 4.74 Å². The molecule has 1 saturated carbocycles. The van der Waals surface area contributed by atoms with Crippen LogP contribution in [0.25, 0.3) is 0 Å². The zero-order chi connectivity index (χ0) is 12.8. The van der Waals surface area contributed by atoms with Gasteiger partial charge in [0.1, 0.15) is 0 Å². The van der Waals surface area contributed by atoms with Crippen molar-refractivity contribution in [3.8, 4) is 0 Å². The van der Waals surface area contributed by atoms with Gasteiger partial charge >= 0.3 is 0 Å². The summed E-state index contributed by atoms with van der Waals surface area (Å²) in [5.41, 5.74) is -0.210. The minimum Gasteiger partial charge on any atom is -0.369 e. The number of hydrogen-bond acceptors (Lipinski definition) is 2. The summed E-state index contributed by atoms with van der Waals surface area (Å²) in [5, 5.41) is 0. The molecule has 0 spiro atoms. The van der Waals surface area contributed by atoms with Crippen molar-refractivity contribution >= 4 is 26.4 Å². The zero-order valence-corrected chi connectivity index (χ0v) is 13.3. The van der Waals surface area contributed by atoms with Crippen molar-refractivity contribution in [2.45, 2.75) is 65.6 Å². The Kier molecular flexibility index (Phi) is 3.81. The Bertz CT molecular complexity index is 295. The molecule has 3 heteroatoms. The number of hydrogen-bond donors (Lipinski definition) is 0. The molecule has 0 N–H and O–H groups in total. The van der Waals surface area contributed by atoms with Crippen molar-refractivity contribution in [2.75, 3.05) is 0 Å².